The molecule has 0 aromatic rings. The van der Waals surface area contributed by atoms with E-state index in [1.807, 2.05) is 6.08 Å². The summed E-state index contributed by atoms with van der Waals surface area (Å²) in [5.41, 5.74) is 0.0789. The molecule has 24 heavy (non-hydrogen) atoms. The van der Waals surface area contributed by atoms with Crippen LogP contribution in [0.4, 0.5) is 13.2 Å². The van der Waals surface area contributed by atoms with Crippen molar-refractivity contribution in [2.45, 2.75) is 37.4 Å². The number of sulfonamides is 1. The molecule has 0 saturated carbocycles. The molecule has 2 heterocycles. The molecule has 0 aromatic carbocycles. The van der Waals surface area contributed by atoms with E-state index in [9.17, 15) is 21.6 Å². The minimum atomic E-state index is -5.08. The van der Waals surface area contributed by atoms with Crippen molar-refractivity contribution in [2.24, 2.45) is 0 Å². The van der Waals surface area contributed by atoms with Gasteiger partial charge in [-0.25, -0.2) is 17.5 Å². The van der Waals surface area contributed by atoms with E-state index in [-0.39, 0.29) is 5.54 Å². The average Bonchev–Trinajstić information content (AvgIpc) is 2.80. The molecule has 2 rings (SSSR count). The number of aliphatic carboxylic acids is 1. The summed E-state index contributed by atoms with van der Waals surface area (Å²) in [5, 5.41) is 7.12. The van der Waals surface area contributed by atoms with Gasteiger partial charge in [0.05, 0.1) is 6.26 Å². The van der Waals surface area contributed by atoms with Crippen LogP contribution in [0, 0.1) is 0 Å². The SMILES string of the molecule is C=CCN1CCCC12CCCN(S(C)(=O)=O)C2.O=C(O)C(F)(F)F. The van der Waals surface area contributed by atoms with Gasteiger partial charge in [-0.15, -0.1) is 6.58 Å². The van der Waals surface area contributed by atoms with E-state index in [0.717, 1.165) is 32.4 Å². The molecule has 1 N–H and O–H groups in total. The molecule has 10 heteroatoms. The zero-order valence-electron chi connectivity index (χ0n) is 13.5. The smallest absolute Gasteiger partial charge is 0.475 e. The van der Waals surface area contributed by atoms with E-state index in [4.69, 9.17) is 9.90 Å². The quantitative estimate of drug-likeness (QED) is 0.763. The van der Waals surface area contributed by atoms with Crippen molar-refractivity contribution in [3.63, 3.8) is 0 Å². The highest BCUT2D eigenvalue weighted by Gasteiger charge is 2.44. The number of hydrogen-bond acceptors (Lipinski definition) is 4. The number of piperidine rings is 1. The van der Waals surface area contributed by atoms with Gasteiger partial charge < -0.3 is 5.11 Å². The highest BCUT2D eigenvalue weighted by molar-refractivity contribution is 7.88. The second-order valence-corrected chi connectivity index (χ2v) is 8.05. The minimum absolute atomic E-state index is 0.0789. The Bertz CT molecular complexity index is 565. The maximum atomic E-state index is 11.7. The fourth-order valence-electron chi connectivity index (χ4n) is 3.25. The van der Waals surface area contributed by atoms with Gasteiger partial charge >= 0.3 is 12.1 Å². The Hall–Kier alpha value is -1.13. The summed E-state index contributed by atoms with van der Waals surface area (Å²) in [6.45, 7) is 7.09. The van der Waals surface area contributed by atoms with Gasteiger partial charge in [-0.1, -0.05) is 6.08 Å². The molecule has 0 radical (unpaired) electrons. The van der Waals surface area contributed by atoms with E-state index in [1.54, 1.807) is 4.31 Å². The van der Waals surface area contributed by atoms with Gasteiger partial charge in [0.15, 0.2) is 0 Å². The van der Waals surface area contributed by atoms with Crippen LogP contribution >= 0.6 is 0 Å². The Morgan fingerprint density at radius 2 is 1.79 bits per heavy atom. The second kappa shape index (κ2) is 7.83. The first-order valence-electron chi connectivity index (χ1n) is 7.53. The number of halogens is 3. The molecule has 140 valence electrons. The zero-order valence-corrected chi connectivity index (χ0v) is 14.4. The van der Waals surface area contributed by atoms with E-state index < -0.39 is 22.2 Å². The molecular weight excluding hydrogens is 349 g/mol. The number of likely N-dealkylation sites (tertiary alicyclic amines) is 1. The van der Waals surface area contributed by atoms with E-state index >= 15 is 0 Å². The van der Waals surface area contributed by atoms with Crippen LogP contribution in [0.25, 0.3) is 0 Å². The standard InChI is InChI=1S/C12H22N2O2S.C2HF3O2/c1-3-8-13-9-4-6-12(13)7-5-10-14(11-12)17(2,15)16;3-2(4,5)1(6)7/h3H,1,4-11H2,2H3;(H,6,7). The lowest BCUT2D eigenvalue weighted by atomic mass is 9.87. The Kier molecular flexibility index (Phi) is 6.83. The Morgan fingerprint density at radius 3 is 2.21 bits per heavy atom. The summed E-state index contributed by atoms with van der Waals surface area (Å²) in [5.74, 6) is -2.76. The fourth-order valence-corrected chi connectivity index (χ4v) is 4.19. The molecule has 0 amide bonds. The van der Waals surface area contributed by atoms with Crippen LogP contribution in [-0.4, -0.2) is 72.8 Å². The normalized spacial score (nSPS) is 26.0. The number of hydrogen-bond donors (Lipinski definition) is 1. The summed E-state index contributed by atoms with van der Waals surface area (Å²) in [6.07, 6.45) is 2.54. The number of carboxylic acid groups (broad SMARTS) is 1. The molecule has 0 aliphatic carbocycles. The predicted molar refractivity (Wildman–Crippen MR) is 83.1 cm³/mol. The molecule has 2 saturated heterocycles. The van der Waals surface area contributed by atoms with Crippen LogP contribution in [0.2, 0.25) is 0 Å². The van der Waals surface area contributed by atoms with Crippen LogP contribution in [-0.2, 0) is 14.8 Å². The average molecular weight is 372 g/mol. The van der Waals surface area contributed by atoms with Crippen molar-refractivity contribution < 1.29 is 31.5 Å². The predicted octanol–water partition coefficient (Wildman–Crippen LogP) is 1.70. The lowest BCUT2D eigenvalue weighted by Crippen LogP contribution is -2.56. The highest BCUT2D eigenvalue weighted by Crippen LogP contribution is 2.37. The van der Waals surface area contributed by atoms with Gasteiger partial charge in [0.1, 0.15) is 0 Å². The Morgan fingerprint density at radius 1 is 1.29 bits per heavy atom. The third-order valence-electron chi connectivity index (χ3n) is 4.32. The van der Waals surface area contributed by atoms with Gasteiger partial charge in [0.25, 0.3) is 0 Å². The van der Waals surface area contributed by atoms with Crippen LogP contribution < -0.4 is 0 Å². The summed E-state index contributed by atoms with van der Waals surface area (Å²) in [7, 11) is -3.05. The fraction of sp³-hybridized carbons (Fsp3) is 0.786. The molecule has 6 nitrogen and oxygen atoms in total. The topological polar surface area (TPSA) is 77.9 Å². The van der Waals surface area contributed by atoms with Crippen molar-refractivity contribution in [3.8, 4) is 0 Å². The van der Waals surface area contributed by atoms with Crippen molar-refractivity contribution >= 4 is 16.0 Å². The molecule has 2 aliphatic rings. The first kappa shape index (κ1) is 20.9. The summed E-state index contributed by atoms with van der Waals surface area (Å²) >= 11 is 0. The molecule has 1 spiro atoms. The summed E-state index contributed by atoms with van der Waals surface area (Å²) in [6, 6.07) is 0. The van der Waals surface area contributed by atoms with Crippen LogP contribution in [0.5, 0.6) is 0 Å². The lowest BCUT2D eigenvalue weighted by Gasteiger charge is -2.44. The second-order valence-electron chi connectivity index (χ2n) is 6.07. The van der Waals surface area contributed by atoms with Crippen LogP contribution in [0.15, 0.2) is 12.7 Å². The number of carbonyl (C=O) groups is 1. The summed E-state index contributed by atoms with van der Waals surface area (Å²) in [4.78, 5) is 11.3. The molecule has 0 bridgehead atoms. The number of rotatable bonds is 3. The number of nitrogens with zero attached hydrogens (tertiary/aromatic N) is 2. The van der Waals surface area contributed by atoms with Crippen LogP contribution in [0.1, 0.15) is 25.7 Å². The minimum Gasteiger partial charge on any atom is -0.475 e. The Labute approximate surface area is 140 Å². The van der Waals surface area contributed by atoms with Crippen molar-refractivity contribution in [3.05, 3.63) is 12.7 Å². The monoisotopic (exact) mass is 372 g/mol. The first-order chi connectivity index (χ1) is 10.9. The van der Waals surface area contributed by atoms with Crippen LogP contribution in [0.3, 0.4) is 0 Å². The highest BCUT2D eigenvalue weighted by atomic mass is 32.2. The molecular formula is C14H23F3N2O4S. The van der Waals surface area contributed by atoms with Crippen molar-refractivity contribution in [1.29, 1.82) is 0 Å². The molecule has 1 unspecified atom stereocenters. The first-order valence-corrected chi connectivity index (χ1v) is 9.38. The Balaban J connectivity index is 0.000000351. The van der Waals surface area contributed by atoms with Gasteiger partial charge in [-0.2, -0.15) is 13.2 Å². The summed E-state index contributed by atoms with van der Waals surface area (Å²) < 4.78 is 56.7. The molecule has 0 aromatic heterocycles. The number of carboxylic acids is 1. The maximum Gasteiger partial charge on any atom is 0.490 e. The number of alkyl halides is 3. The van der Waals surface area contributed by atoms with E-state index in [2.05, 4.69) is 11.5 Å². The third kappa shape index (κ3) is 5.45. The van der Waals surface area contributed by atoms with Gasteiger partial charge in [0, 0.05) is 25.2 Å². The van der Waals surface area contributed by atoms with Gasteiger partial charge in [-0.3, -0.25) is 4.90 Å². The maximum absolute atomic E-state index is 11.7. The lowest BCUT2D eigenvalue weighted by molar-refractivity contribution is -0.192. The van der Waals surface area contributed by atoms with Gasteiger partial charge in [-0.05, 0) is 32.2 Å². The third-order valence-corrected chi connectivity index (χ3v) is 5.57. The molecule has 2 aliphatic heterocycles. The molecule has 2 fully saturated rings. The largest absolute Gasteiger partial charge is 0.490 e. The zero-order chi connectivity index (χ0) is 18.6. The van der Waals surface area contributed by atoms with E-state index in [0.29, 0.717) is 13.1 Å². The molecule has 1 atom stereocenters. The van der Waals surface area contributed by atoms with E-state index in [1.165, 1.54) is 12.7 Å². The van der Waals surface area contributed by atoms with Gasteiger partial charge in [0.2, 0.25) is 10.0 Å². The van der Waals surface area contributed by atoms with Crippen molar-refractivity contribution in [1.82, 2.24) is 9.21 Å². The van der Waals surface area contributed by atoms with Crippen molar-refractivity contribution in [2.75, 3.05) is 32.4 Å².